The molecule has 130 valence electrons. The molecule has 3 nitrogen and oxygen atoms in total. The molecule has 0 spiro atoms. The van der Waals surface area contributed by atoms with Crippen molar-refractivity contribution in [2.45, 2.75) is 50.1 Å². The molecule has 0 atom stereocenters. The molecule has 3 aromatic rings. The molecule has 0 N–H and O–H groups in total. The summed E-state index contributed by atoms with van der Waals surface area (Å²) < 4.78 is 15.2. The normalized spacial score (nSPS) is 13.8. The average molecular weight is 374 g/mol. The van der Waals surface area contributed by atoms with Gasteiger partial charge in [0.05, 0.1) is 0 Å². The van der Waals surface area contributed by atoms with E-state index in [1.165, 1.54) is 47.4 Å². The number of fused-ring (bicyclic) bond motifs is 1. The molecule has 6 heteroatoms. The SMILES string of the molecule is CCn1c(SCc2ccc(F)cc2)nnc1-c1csc2c1CCCC2. The Labute approximate surface area is 155 Å². The Kier molecular flexibility index (Phi) is 4.90. The highest BCUT2D eigenvalue weighted by Gasteiger charge is 2.21. The number of rotatable bonds is 5. The van der Waals surface area contributed by atoms with Crippen LogP contribution in [-0.2, 0) is 25.1 Å². The van der Waals surface area contributed by atoms with Crippen molar-refractivity contribution in [1.29, 1.82) is 0 Å². The largest absolute Gasteiger partial charge is 0.302 e. The molecule has 0 bridgehead atoms. The topological polar surface area (TPSA) is 30.7 Å². The molecule has 1 aliphatic carbocycles. The van der Waals surface area contributed by atoms with E-state index in [1.807, 2.05) is 23.5 Å². The van der Waals surface area contributed by atoms with Gasteiger partial charge in [-0.15, -0.1) is 21.5 Å². The van der Waals surface area contributed by atoms with Crippen molar-refractivity contribution >= 4 is 23.1 Å². The van der Waals surface area contributed by atoms with Crippen LogP contribution in [0.3, 0.4) is 0 Å². The number of hydrogen-bond acceptors (Lipinski definition) is 4. The second-order valence-electron chi connectivity index (χ2n) is 6.22. The third kappa shape index (κ3) is 3.37. The van der Waals surface area contributed by atoms with E-state index in [4.69, 9.17) is 0 Å². The van der Waals surface area contributed by atoms with Crippen LogP contribution < -0.4 is 0 Å². The average Bonchev–Trinajstić information content (AvgIpc) is 3.24. The number of aromatic nitrogens is 3. The first-order chi connectivity index (χ1) is 12.3. The highest BCUT2D eigenvalue weighted by atomic mass is 32.2. The van der Waals surface area contributed by atoms with Gasteiger partial charge in [0.25, 0.3) is 0 Å². The lowest BCUT2D eigenvalue weighted by Crippen LogP contribution is -2.03. The quantitative estimate of drug-likeness (QED) is 0.566. The Morgan fingerprint density at radius 1 is 1.16 bits per heavy atom. The number of halogens is 1. The molecule has 0 aliphatic heterocycles. The van der Waals surface area contributed by atoms with E-state index in [0.717, 1.165) is 35.3 Å². The molecule has 2 aromatic heterocycles. The zero-order valence-corrected chi connectivity index (χ0v) is 15.8. The van der Waals surface area contributed by atoms with E-state index >= 15 is 0 Å². The van der Waals surface area contributed by atoms with Crippen molar-refractivity contribution in [3.63, 3.8) is 0 Å². The first kappa shape index (κ1) is 16.8. The summed E-state index contributed by atoms with van der Waals surface area (Å²) in [6.07, 6.45) is 4.92. The van der Waals surface area contributed by atoms with Crippen LogP contribution in [0.15, 0.2) is 34.8 Å². The van der Waals surface area contributed by atoms with Gasteiger partial charge in [0.2, 0.25) is 0 Å². The number of thioether (sulfide) groups is 1. The van der Waals surface area contributed by atoms with E-state index in [-0.39, 0.29) is 5.82 Å². The Hall–Kier alpha value is -1.66. The predicted molar refractivity (Wildman–Crippen MR) is 102 cm³/mol. The fourth-order valence-electron chi connectivity index (χ4n) is 3.29. The number of benzene rings is 1. The van der Waals surface area contributed by atoms with Crippen LogP contribution >= 0.6 is 23.1 Å². The minimum atomic E-state index is -0.199. The summed E-state index contributed by atoms with van der Waals surface area (Å²) in [4.78, 5) is 1.52. The standard InChI is InChI=1S/C19H20FN3S2/c1-2-23-18(16-12-24-17-6-4-3-5-15(16)17)21-22-19(23)25-11-13-7-9-14(20)10-8-13/h7-10,12H,2-6,11H2,1H3. The van der Waals surface area contributed by atoms with Gasteiger partial charge in [-0.1, -0.05) is 23.9 Å². The number of thiophene rings is 1. The molecule has 0 radical (unpaired) electrons. The van der Waals surface area contributed by atoms with Crippen molar-refractivity contribution < 1.29 is 4.39 Å². The molecular formula is C19H20FN3S2. The first-order valence-electron chi connectivity index (χ1n) is 8.66. The number of aryl methyl sites for hydroxylation is 1. The van der Waals surface area contributed by atoms with Gasteiger partial charge >= 0.3 is 0 Å². The lowest BCUT2D eigenvalue weighted by Gasteiger charge is -2.13. The van der Waals surface area contributed by atoms with Gasteiger partial charge in [-0.05, 0) is 55.9 Å². The molecule has 4 rings (SSSR count). The second-order valence-corrected chi connectivity index (χ2v) is 8.13. The highest BCUT2D eigenvalue weighted by molar-refractivity contribution is 7.98. The lowest BCUT2D eigenvalue weighted by molar-refractivity contribution is 0.627. The molecule has 1 aliphatic rings. The number of nitrogens with zero attached hydrogens (tertiary/aromatic N) is 3. The van der Waals surface area contributed by atoms with Gasteiger partial charge in [0.15, 0.2) is 11.0 Å². The van der Waals surface area contributed by atoms with Crippen LogP contribution in [0.25, 0.3) is 11.4 Å². The zero-order valence-electron chi connectivity index (χ0n) is 14.2. The first-order valence-corrected chi connectivity index (χ1v) is 10.5. The van der Waals surface area contributed by atoms with Crippen LogP contribution in [0, 0.1) is 5.82 Å². The van der Waals surface area contributed by atoms with Crippen molar-refractivity contribution in [1.82, 2.24) is 14.8 Å². The molecule has 0 amide bonds. The molecule has 0 saturated heterocycles. The van der Waals surface area contributed by atoms with Crippen LogP contribution in [0.2, 0.25) is 0 Å². The van der Waals surface area contributed by atoms with Gasteiger partial charge in [-0.25, -0.2) is 4.39 Å². The smallest absolute Gasteiger partial charge is 0.191 e. The van der Waals surface area contributed by atoms with Gasteiger partial charge in [-0.2, -0.15) is 0 Å². The number of hydrogen-bond donors (Lipinski definition) is 0. The maximum atomic E-state index is 13.0. The summed E-state index contributed by atoms with van der Waals surface area (Å²) in [6.45, 7) is 2.98. The maximum Gasteiger partial charge on any atom is 0.191 e. The summed E-state index contributed by atoms with van der Waals surface area (Å²) in [5, 5.41) is 12.1. The predicted octanol–water partition coefficient (Wildman–Crippen LogP) is 5.34. The van der Waals surface area contributed by atoms with E-state index in [2.05, 4.69) is 27.1 Å². The summed E-state index contributed by atoms with van der Waals surface area (Å²) in [5.74, 6) is 1.55. The lowest BCUT2D eigenvalue weighted by atomic mass is 9.96. The Bertz CT molecular complexity index is 867. The van der Waals surface area contributed by atoms with Crippen LogP contribution in [0.5, 0.6) is 0 Å². The maximum absolute atomic E-state index is 13.0. The van der Waals surface area contributed by atoms with Gasteiger partial charge in [0.1, 0.15) is 5.82 Å². The van der Waals surface area contributed by atoms with E-state index in [0.29, 0.717) is 0 Å². The van der Waals surface area contributed by atoms with E-state index < -0.39 is 0 Å². The molecule has 0 unspecified atom stereocenters. The summed E-state index contributed by atoms with van der Waals surface area (Å²) >= 11 is 3.52. The van der Waals surface area contributed by atoms with Crippen LogP contribution in [0.1, 0.15) is 35.8 Å². The summed E-state index contributed by atoms with van der Waals surface area (Å²) in [5.41, 5.74) is 3.84. The van der Waals surface area contributed by atoms with Crippen molar-refractivity contribution in [2.75, 3.05) is 0 Å². The summed E-state index contributed by atoms with van der Waals surface area (Å²) in [7, 11) is 0. The Morgan fingerprint density at radius 3 is 2.76 bits per heavy atom. The third-order valence-electron chi connectivity index (χ3n) is 4.62. The third-order valence-corrected chi connectivity index (χ3v) is 6.74. The van der Waals surface area contributed by atoms with Gasteiger partial charge < -0.3 is 4.57 Å². The van der Waals surface area contributed by atoms with Crippen LogP contribution in [-0.4, -0.2) is 14.8 Å². The summed E-state index contributed by atoms with van der Waals surface area (Å²) in [6, 6.07) is 6.66. The highest BCUT2D eigenvalue weighted by Crippen LogP contribution is 2.37. The minimum Gasteiger partial charge on any atom is -0.302 e. The molecule has 1 aromatic carbocycles. The molecule has 2 heterocycles. The molecular weight excluding hydrogens is 353 g/mol. The Morgan fingerprint density at radius 2 is 1.96 bits per heavy atom. The fraction of sp³-hybridized carbons (Fsp3) is 0.368. The minimum absolute atomic E-state index is 0.199. The second kappa shape index (κ2) is 7.30. The fourth-order valence-corrected chi connectivity index (χ4v) is 5.37. The molecule has 0 fully saturated rings. The van der Waals surface area contributed by atoms with E-state index in [1.54, 1.807) is 11.8 Å². The molecule has 25 heavy (non-hydrogen) atoms. The van der Waals surface area contributed by atoms with Crippen molar-refractivity contribution in [3.8, 4) is 11.4 Å². The van der Waals surface area contributed by atoms with Crippen LogP contribution in [0.4, 0.5) is 4.39 Å². The van der Waals surface area contributed by atoms with Crippen molar-refractivity contribution in [2.24, 2.45) is 0 Å². The van der Waals surface area contributed by atoms with E-state index in [9.17, 15) is 4.39 Å². The Balaban J connectivity index is 1.59. The zero-order chi connectivity index (χ0) is 17.2. The van der Waals surface area contributed by atoms with Gasteiger partial charge in [-0.3, -0.25) is 0 Å². The molecule has 0 saturated carbocycles. The monoisotopic (exact) mass is 373 g/mol. The van der Waals surface area contributed by atoms with Gasteiger partial charge in [0, 0.05) is 28.1 Å². The van der Waals surface area contributed by atoms with Crippen molar-refractivity contribution in [3.05, 3.63) is 51.5 Å².